The summed E-state index contributed by atoms with van der Waals surface area (Å²) in [6.07, 6.45) is 0.553. The van der Waals surface area contributed by atoms with E-state index in [-0.39, 0.29) is 23.7 Å². The second-order valence-corrected chi connectivity index (χ2v) is 4.67. The van der Waals surface area contributed by atoms with Crippen molar-refractivity contribution in [3.8, 4) is 0 Å². The fraction of sp³-hybridized carbons (Fsp3) is 0.500. The summed E-state index contributed by atoms with van der Waals surface area (Å²) >= 11 is 0. The largest absolute Gasteiger partial charge is 0.354 e. The van der Waals surface area contributed by atoms with Crippen molar-refractivity contribution in [3.05, 3.63) is 35.6 Å². The topological polar surface area (TPSA) is 41.1 Å². The van der Waals surface area contributed by atoms with Gasteiger partial charge in [0.25, 0.3) is 0 Å². The molecule has 2 N–H and O–H groups in total. The molecule has 0 aromatic heterocycles. The van der Waals surface area contributed by atoms with E-state index in [1.165, 1.54) is 12.1 Å². The number of amides is 1. The number of carbonyl (C=O) groups excluding carboxylic acids is 1. The number of benzene rings is 1. The van der Waals surface area contributed by atoms with Gasteiger partial charge in [0.2, 0.25) is 5.91 Å². The number of halogens is 1. The van der Waals surface area contributed by atoms with Crippen LogP contribution in [0.5, 0.6) is 0 Å². The minimum atomic E-state index is -0.260. The highest BCUT2D eigenvalue weighted by Crippen LogP contribution is 2.10. The van der Waals surface area contributed by atoms with Gasteiger partial charge >= 0.3 is 0 Å². The summed E-state index contributed by atoms with van der Waals surface area (Å²) in [7, 11) is 1.85. The van der Waals surface area contributed by atoms with Crippen molar-refractivity contribution in [1.29, 1.82) is 0 Å². The SMILES string of the molecule is CNC(C)CNC(=O)C(C)Cc1cccc(F)c1. The van der Waals surface area contributed by atoms with Gasteiger partial charge in [-0.05, 0) is 38.1 Å². The molecule has 1 amide bonds. The maximum Gasteiger partial charge on any atom is 0.223 e. The van der Waals surface area contributed by atoms with Gasteiger partial charge in [0.05, 0.1) is 0 Å². The van der Waals surface area contributed by atoms with Crippen molar-refractivity contribution in [2.24, 2.45) is 5.92 Å². The standard InChI is InChI=1S/C14H21FN2O/c1-10(14(18)17-9-11(2)16-3)7-12-5-4-6-13(15)8-12/h4-6,8,10-11,16H,7,9H2,1-3H3,(H,17,18). The van der Waals surface area contributed by atoms with E-state index in [4.69, 9.17) is 0 Å². The summed E-state index contributed by atoms with van der Waals surface area (Å²) in [6, 6.07) is 6.62. The second-order valence-electron chi connectivity index (χ2n) is 4.67. The van der Waals surface area contributed by atoms with E-state index in [0.29, 0.717) is 13.0 Å². The van der Waals surface area contributed by atoms with E-state index in [1.807, 2.05) is 27.0 Å². The van der Waals surface area contributed by atoms with E-state index in [2.05, 4.69) is 10.6 Å². The Labute approximate surface area is 108 Å². The van der Waals surface area contributed by atoms with E-state index < -0.39 is 0 Å². The Hall–Kier alpha value is -1.42. The quantitative estimate of drug-likeness (QED) is 0.809. The summed E-state index contributed by atoms with van der Waals surface area (Å²) in [4.78, 5) is 11.8. The lowest BCUT2D eigenvalue weighted by molar-refractivity contribution is -0.124. The van der Waals surface area contributed by atoms with Crippen LogP contribution in [0.3, 0.4) is 0 Å². The number of hydrogen-bond acceptors (Lipinski definition) is 2. The molecule has 3 nitrogen and oxygen atoms in total. The molecule has 0 aliphatic rings. The summed E-state index contributed by atoms with van der Waals surface area (Å²) in [5.74, 6) is -0.416. The van der Waals surface area contributed by atoms with Crippen LogP contribution in [0, 0.1) is 11.7 Å². The Morgan fingerprint density at radius 1 is 1.39 bits per heavy atom. The third-order valence-corrected chi connectivity index (χ3v) is 2.95. The van der Waals surface area contributed by atoms with Crippen LogP contribution in [0.15, 0.2) is 24.3 Å². The van der Waals surface area contributed by atoms with Crippen LogP contribution in [0.25, 0.3) is 0 Å². The van der Waals surface area contributed by atoms with Crippen molar-refractivity contribution < 1.29 is 9.18 Å². The van der Waals surface area contributed by atoms with Crippen LogP contribution < -0.4 is 10.6 Å². The Bertz CT molecular complexity index is 395. The average molecular weight is 252 g/mol. The lowest BCUT2D eigenvalue weighted by Gasteiger charge is -2.15. The van der Waals surface area contributed by atoms with E-state index in [9.17, 15) is 9.18 Å². The lowest BCUT2D eigenvalue weighted by atomic mass is 10.0. The minimum absolute atomic E-state index is 0.00126. The minimum Gasteiger partial charge on any atom is -0.354 e. The molecule has 0 fully saturated rings. The van der Waals surface area contributed by atoms with Crippen LogP contribution in [-0.2, 0) is 11.2 Å². The Balaban J connectivity index is 2.45. The lowest BCUT2D eigenvalue weighted by Crippen LogP contribution is -2.39. The number of carbonyl (C=O) groups is 1. The Morgan fingerprint density at radius 3 is 2.72 bits per heavy atom. The fourth-order valence-electron chi connectivity index (χ4n) is 1.64. The predicted molar refractivity (Wildman–Crippen MR) is 70.8 cm³/mol. The Morgan fingerprint density at radius 2 is 2.11 bits per heavy atom. The summed E-state index contributed by atoms with van der Waals surface area (Å²) < 4.78 is 13.0. The third kappa shape index (κ3) is 4.84. The van der Waals surface area contributed by atoms with Gasteiger partial charge in [0, 0.05) is 18.5 Å². The first-order valence-electron chi connectivity index (χ1n) is 6.22. The van der Waals surface area contributed by atoms with Crippen molar-refractivity contribution in [3.63, 3.8) is 0 Å². The average Bonchev–Trinajstić information content (AvgIpc) is 2.35. The molecule has 1 aromatic rings. The maximum atomic E-state index is 13.0. The van der Waals surface area contributed by atoms with E-state index in [0.717, 1.165) is 5.56 Å². The van der Waals surface area contributed by atoms with Crippen LogP contribution in [0.1, 0.15) is 19.4 Å². The molecule has 0 bridgehead atoms. The van der Waals surface area contributed by atoms with Crippen LogP contribution in [0.2, 0.25) is 0 Å². The second kappa shape index (κ2) is 7.11. The van der Waals surface area contributed by atoms with Gasteiger partial charge in [0.15, 0.2) is 0 Å². The first-order chi connectivity index (χ1) is 8.52. The smallest absolute Gasteiger partial charge is 0.223 e. The molecule has 0 saturated carbocycles. The fourth-order valence-corrected chi connectivity index (χ4v) is 1.64. The molecule has 0 saturated heterocycles. The number of nitrogens with one attached hydrogen (secondary N) is 2. The van der Waals surface area contributed by atoms with Crippen LogP contribution >= 0.6 is 0 Å². The molecule has 2 atom stereocenters. The molecule has 0 aliphatic heterocycles. The van der Waals surface area contributed by atoms with Gasteiger partial charge in [0.1, 0.15) is 5.82 Å². The van der Waals surface area contributed by atoms with Crippen LogP contribution in [0.4, 0.5) is 4.39 Å². The zero-order valence-corrected chi connectivity index (χ0v) is 11.2. The third-order valence-electron chi connectivity index (χ3n) is 2.95. The summed E-state index contributed by atoms with van der Waals surface area (Å²) in [6.45, 7) is 4.45. The molecular formula is C14H21FN2O. The predicted octanol–water partition coefficient (Wildman–Crippen LogP) is 1.73. The molecule has 1 rings (SSSR count). The molecule has 18 heavy (non-hydrogen) atoms. The first-order valence-corrected chi connectivity index (χ1v) is 6.22. The van der Waals surface area contributed by atoms with E-state index in [1.54, 1.807) is 6.07 Å². The normalized spacial score (nSPS) is 14.0. The van der Waals surface area contributed by atoms with Crippen molar-refractivity contribution in [1.82, 2.24) is 10.6 Å². The molecule has 100 valence electrons. The number of hydrogen-bond donors (Lipinski definition) is 2. The zero-order valence-electron chi connectivity index (χ0n) is 11.2. The van der Waals surface area contributed by atoms with Gasteiger partial charge in [-0.3, -0.25) is 4.79 Å². The number of rotatable bonds is 6. The van der Waals surface area contributed by atoms with Crippen molar-refractivity contribution in [2.75, 3.05) is 13.6 Å². The van der Waals surface area contributed by atoms with Gasteiger partial charge in [-0.2, -0.15) is 0 Å². The first kappa shape index (κ1) is 14.6. The number of likely N-dealkylation sites (N-methyl/N-ethyl adjacent to an activating group) is 1. The highest BCUT2D eigenvalue weighted by molar-refractivity contribution is 5.78. The molecule has 0 heterocycles. The van der Waals surface area contributed by atoms with Gasteiger partial charge in [-0.1, -0.05) is 19.1 Å². The molecule has 2 unspecified atom stereocenters. The van der Waals surface area contributed by atoms with E-state index >= 15 is 0 Å². The zero-order chi connectivity index (χ0) is 13.5. The van der Waals surface area contributed by atoms with Crippen molar-refractivity contribution in [2.45, 2.75) is 26.3 Å². The maximum absolute atomic E-state index is 13.0. The summed E-state index contributed by atoms with van der Waals surface area (Å²) in [5, 5.41) is 5.92. The molecule has 1 aromatic carbocycles. The summed E-state index contributed by atoms with van der Waals surface area (Å²) in [5.41, 5.74) is 0.847. The Kier molecular flexibility index (Phi) is 5.78. The molecule has 4 heteroatoms. The van der Waals surface area contributed by atoms with Crippen molar-refractivity contribution >= 4 is 5.91 Å². The van der Waals surface area contributed by atoms with Gasteiger partial charge < -0.3 is 10.6 Å². The molecule has 0 aliphatic carbocycles. The van der Waals surface area contributed by atoms with Gasteiger partial charge in [-0.25, -0.2) is 4.39 Å². The molecule has 0 radical (unpaired) electrons. The molecule has 0 spiro atoms. The van der Waals surface area contributed by atoms with Gasteiger partial charge in [-0.15, -0.1) is 0 Å². The highest BCUT2D eigenvalue weighted by Gasteiger charge is 2.14. The highest BCUT2D eigenvalue weighted by atomic mass is 19.1. The molecular weight excluding hydrogens is 231 g/mol. The monoisotopic (exact) mass is 252 g/mol. The van der Waals surface area contributed by atoms with Crippen LogP contribution in [-0.4, -0.2) is 25.5 Å².